The number of hydrogen-bond acceptors (Lipinski definition) is 3. The van der Waals surface area contributed by atoms with Gasteiger partial charge in [-0.05, 0) is 31.2 Å². The fourth-order valence-corrected chi connectivity index (χ4v) is 1.15. The van der Waals surface area contributed by atoms with Crippen LogP contribution in [0.4, 0.5) is 0 Å². The van der Waals surface area contributed by atoms with Gasteiger partial charge in [0.05, 0.1) is 0 Å². The molecule has 0 aliphatic heterocycles. The van der Waals surface area contributed by atoms with Crippen molar-refractivity contribution in [1.82, 2.24) is 5.43 Å². The summed E-state index contributed by atoms with van der Waals surface area (Å²) in [4.78, 5) is 11.5. The van der Waals surface area contributed by atoms with Crippen LogP contribution in [0.3, 0.4) is 0 Å². The van der Waals surface area contributed by atoms with Gasteiger partial charge in [0.15, 0.2) is 6.61 Å². The van der Waals surface area contributed by atoms with Crippen LogP contribution in [0.2, 0.25) is 5.02 Å². The number of carbonyl (C=O) groups excluding carboxylic acids is 1. The Morgan fingerprint density at radius 3 is 2.42 bits per heavy atom. The van der Waals surface area contributed by atoms with Gasteiger partial charge in [0, 0.05) is 16.1 Å². The van der Waals surface area contributed by atoms with Crippen LogP contribution in [0.25, 0.3) is 0 Å². The molecule has 0 saturated carbocycles. The molecule has 0 unspecified atom stereocenters. The molecule has 1 aromatic carbocycles. The lowest BCUT2D eigenvalue weighted by Gasteiger charge is -2.17. The van der Waals surface area contributed by atoms with Crippen molar-refractivity contribution in [1.29, 1.82) is 0 Å². The maximum Gasteiger partial charge on any atom is 0.277 e. The van der Waals surface area contributed by atoms with Crippen molar-refractivity contribution in [2.24, 2.45) is 10.5 Å². The molecule has 0 atom stereocenters. The molecule has 0 heterocycles. The number of hydrazone groups is 1. The molecule has 0 radical (unpaired) electrons. The largest absolute Gasteiger partial charge is 0.484 e. The number of carbonyl (C=O) groups is 1. The number of ether oxygens (including phenoxy) is 1. The fraction of sp³-hybridized carbons (Fsp3) is 0.429. The van der Waals surface area contributed by atoms with Crippen LogP contribution in [0.15, 0.2) is 29.4 Å². The minimum Gasteiger partial charge on any atom is -0.484 e. The molecule has 0 spiro atoms. The highest BCUT2D eigenvalue weighted by Crippen LogP contribution is 2.16. The minimum absolute atomic E-state index is 0.0652. The van der Waals surface area contributed by atoms with Crippen molar-refractivity contribution in [2.45, 2.75) is 27.7 Å². The number of nitrogens with zero attached hydrogens (tertiary/aromatic N) is 1. The van der Waals surface area contributed by atoms with Crippen LogP contribution < -0.4 is 10.2 Å². The predicted octanol–water partition coefficient (Wildman–Crippen LogP) is 3.26. The fourth-order valence-electron chi connectivity index (χ4n) is 1.03. The summed E-state index contributed by atoms with van der Waals surface area (Å²) in [5.74, 6) is 0.301. The molecule has 5 heteroatoms. The summed E-state index contributed by atoms with van der Waals surface area (Å²) >= 11 is 5.75. The summed E-state index contributed by atoms with van der Waals surface area (Å²) in [7, 11) is 0. The van der Waals surface area contributed by atoms with E-state index in [1.54, 1.807) is 24.3 Å². The summed E-state index contributed by atoms with van der Waals surface area (Å²) in [6, 6.07) is 6.83. The Morgan fingerprint density at radius 2 is 1.89 bits per heavy atom. The molecule has 0 aliphatic carbocycles. The zero-order valence-electron chi connectivity index (χ0n) is 11.7. The number of rotatable bonds is 4. The van der Waals surface area contributed by atoms with E-state index in [0.717, 1.165) is 5.71 Å². The molecule has 1 N–H and O–H groups in total. The summed E-state index contributed by atoms with van der Waals surface area (Å²) < 4.78 is 5.30. The van der Waals surface area contributed by atoms with Gasteiger partial charge >= 0.3 is 0 Å². The third-order valence-corrected chi connectivity index (χ3v) is 2.87. The van der Waals surface area contributed by atoms with Gasteiger partial charge in [0.25, 0.3) is 5.91 Å². The van der Waals surface area contributed by atoms with E-state index in [1.165, 1.54) is 0 Å². The third-order valence-electron chi connectivity index (χ3n) is 2.62. The third kappa shape index (κ3) is 5.75. The maximum atomic E-state index is 11.5. The molecule has 0 bridgehead atoms. The van der Waals surface area contributed by atoms with Crippen molar-refractivity contribution < 1.29 is 9.53 Å². The molecule has 1 aromatic rings. The van der Waals surface area contributed by atoms with Crippen LogP contribution in [-0.2, 0) is 4.79 Å². The van der Waals surface area contributed by atoms with Crippen LogP contribution in [-0.4, -0.2) is 18.2 Å². The second kappa shape index (κ2) is 6.57. The predicted molar refractivity (Wildman–Crippen MR) is 77.7 cm³/mol. The van der Waals surface area contributed by atoms with Crippen molar-refractivity contribution in [3.8, 4) is 5.75 Å². The number of halogens is 1. The Labute approximate surface area is 118 Å². The number of amides is 1. The lowest BCUT2D eigenvalue weighted by Crippen LogP contribution is -2.28. The SMILES string of the molecule is CC(=NNC(=O)COc1ccc(Cl)cc1)C(C)(C)C. The lowest BCUT2D eigenvalue weighted by molar-refractivity contribution is -0.123. The minimum atomic E-state index is -0.293. The molecule has 19 heavy (non-hydrogen) atoms. The molecule has 4 nitrogen and oxygen atoms in total. The normalized spacial score (nSPS) is 12.2. The first kappa shape index (κ1) is 15.5. The number of benzene rings is 1. The molecular formula is C14H19ClN2O2. The molecule has 0 saturated heterocycles. The zero-order valence-corrected chi connectivity index (χ0v) is 12.4. The number of nitrogens with one attached hydrogen (secondary N) is 1. The average Bonchev–Trinajstić information content (AvgIpc) is 2.34. The first-order valence-corrected chi connectivity index (χ1v) is 6.39. The smallest absolute Gasteiger partial charge is 0.277 e. The van der Waals surface area contributed by atoms with E-state index < -0.39 is 0 Å². The molecule has 1 rings (SSSR count). The summed E-state index contributed by atoms with van der Waals surface area (Å²) in [6.07, 6.45) is 0. The first-order valence-electron chi connectivity index (χ1n) is 6.01. The van der Waals surface area contributed by atoms with Crippen LogP contribution in [0.1, 0.15) is 27.7 Å². The van der Waals surface area contributed by atoms with E-state index in [-0.39, 0.29) is 17.9 Å². The van der Waals surface area contributed by atoms with E-state index in [4.69, 9.17) is 16.3 Å². The lowest BCUT2D eigenvalue weighted by atomic mass is 9.91. The van der Waals surface area contributed by atoms with Gasteiger partial charge in [0.2, 0.25) is 0 Å². The molecule has 0 aliphatic rings. The molecular weight excluding hydrogens is 264 g/mol. The highest BCUT2D eigenvalue weighted by molar-refractivity contribution is 6.30. The van der Waals surface area contributed by atoms with Crippen molar-refractivity contribution in [3.05, 3.63) is 29.3 Å². The second-order valence-corrected chi connectivity index (χ2v) is 5.66. The van der Waals surface area contributed by atoms with Gasteiger partial charge in [-0.15, -0.1) is 0 Å². The standard InChI is InChI=1S/C14H19ClN2O2/c1-10(14(2,3)4)16-17-13(18)9-19-12-7-5-11(15)6-8-12/h5-8H,9H2,1-4H3,(H,17,18). The van der Waals surface area contributed by atoms with E-state index in [0.29, 0.717) is 10.8 Å². The molecule has 104 valence electrons. The van der Waals surface area contributed by atoms with Gasteiger partial charge in [-0.25, -0.2) is 5.43 Å². The topological polar surface area (TPSA) is 50.7 Å². The van der Waals surface area contributed by atoms with Gasteiger partial charge in [-0.2, -0.15) is 5.10 Å². The second-order valence-electron chi connectivity index (χ2n) is 5.22. The first-order chi connectivity index (χ1) is 8.79. The average molecular weight is 283 g/mol. The van der Waals surface area contributed by atoms with Gasteiger partial charge in [0.1, 0.15) is 5.75 Å². The van der Waals surface area contributed by atoms with E-state index >= 15 is 0 Å². The zero-order chi connectivity index (χ0) is 14.5. The van der Waals surface area contributed by atoms with Crippen molar-refractivity contribution in [2.75, 3.05) is 6.61 Å². The van der Waals surface area contributed by atoms with Crippen molar-refractivity contribution >= 4 is 23.2 Å². The Bertz CT molecular complexity index is 461. The van der Waals surface area contributed by atoms with Crippen molar-refractivity contribution in [3.63, 3.8) is 0 Å². The quantitative estimate of drug-likeness (QED) is 0.681. The monoisotopic (exact) mass is 282 g/mol. The summed E-state index contributed by atoms with van der Waals surface area (Å²) in [5, 5.41) is 4.66. The van der Waals surface area contributed by atoms with Crippen LogP contribution in [0.5, 0.6) is 5.75 Å². The molecule has 1 amide bonds. The molecule has 0 aromatic heterocycles. The Morgan fingerprint density at radius 1 is 1.32 bits per heavy atom. The van der Waals surface area contributed by atoms with Crippen LogP contribution >= 0.6 is 11.6 Å². The number of hydrogen-bond donors (Lipinski definition) is 1. The Balaban J connectivity index is 2.42. The van der Waals surface area contributed by atoms with E-state index in [1.807, 2.05) is 27.7 Å². The van der Waals surface area contributed by atoms with Crippen LogP contribution in [0, 0.1) is 5.41 Å². The Hall–Kier alpha value is -1.55. The summed E-state index contributed by atoms with van der Waals surface area (Å²) in [5.41, 5.74) is 3.26. The maximum absolute atomic E-state index is 11.5. The van der Waals surface area contributed by atoms with Gasteiger partial charge < -0.3 is 4.74 Å². The van der Waals surface area contributed by atoms with E-state index in [2.05, 4.69) is 10.5 Å². The van der Waals surface area contributed by atoms with Gasteiger partial charge in [-0.3, -0.25) is 4.79 Å². The van der Waals surface area contributed by atoms with E-state index in [9.17, 15) is 4.79 Å². The summed E-state index contributed by atoms with van der Waals surface area (Å²) in [6.45, 7) is 7.88. The highest BCUT2D eigenvalue weighted by atomic mass is 35.5. The van der Waals surface area contributed by atoms with Gasteiger partial charge in [-0.1, -0.05) is 32.4 Å². The molecule has 0 fully saturated rings. The Kier molecular flexibility index (Phi) is 5.36. The highest BCUT2D eigenvalue weighted by Gasteiger charge is 2.14.